The molecule has 4 heteroatoms. The van der Waals surface area contributed by atoms with Crippen LogP contribution in [-0.4, -0.2) is 29.6 Å². The molecule has 0 aliphatic carbocycles. The number of rotatable bonds is 6. The molecule has 0 bridgehead atoms. The first-order chi connectivity index (χ1) is 9.65. The van der Waals surface area contributed by atoms with Crippen molar-refractivity contribution in [3.63, 3.8) is 0 Å². The Kier molecular flexibility index (Phi) is 6.92. The summed E-state index contributed by atoms with van der Waals surface area (Å²) >= 11 is 0. The molecule has 1 N–H and O–H groups in total. The Hall–Kier alpha value is -1.84. The lowest BCUT2D eigenvalue weighted by Crippen LogP contribution is -2.20. The fraction of sp³-hybridized carbons (Fsp3) is 0.235. The molecule has 0 aliphatic rings. The van der Waals surface area contributed by atoms with E-state index in [0.29, 0.717) is 5.56 Å². The van der Waals surface area contributed by atoms with Gasteiger partial charge in [0.05, 0.1) is 5.56 Å². The number of carbonyl (C=O) groups is 1. The summed E-state index contributed by atoms with van der Waals surface area (Å²) in [5, 5.41) is 8.86. The van der Waals surface area contributed by atoms with Crippen molar-refractivity contribution >= 4 is 18.4 Å². The molecule has 3 nitrogen and oxygen atoms in total. The van der Waals surface area contributed by atoms with E-state index in [-0.39, 0.29) is 12.4 Å². The summed E-state index contributed by atoms with van der Waals surface area (Å²) in [6, 6.07) is 17.5. The number of carboxylic acid groups (broad SMARTS) is 1. The average molecular weight is 306 g/mol. The van der Waals surface area contributed by atoms with Crippen molar-refractivity contribution in [3.05, 3.63) is 71.3 Å². The highest BCUT2D eigenvalue weighted by Gasteiger charge is 2.04. The van der Waals surface area contributed by atoms with Crippen LogP contribution in [-0.2, 0) is 13.0 Å². The second-order valence-corrected chi connectivity index (χ2v) is 4.98. The number of halogens is 1. The van der Waals surface area contributed by atoms with E-state index in [1.165, 1.54) is 5.56 Å². The Bertz CT molecular complexity index is 555. The van der Waals surface area contributed by atoms with Crippen molar-refractivity contribution in [2.75, 3.05) is 13.6 Å². The van der Waals surface area contributed by atoms with Crippen molar-refractivity contribution in [1.82, 2.24) is 4.90 Å². The number of benzene rings is 2. The van der Waals surface area contributed by atoms with Crippen LogP contribution in [0.1, 0.15) is 21.5 Å². The van der Waals surface area contributed by atoms with Gasteiger partial charge in [0, 0.05) is 13.1 Å². The van der Waals surface area contributed by atoms with Crippen LogP contribution in [0.5, 0.6) is 0 Å². The second kappa shape index (κ2) is 8.45. The molecule has 0 amide bonds. The largest absolute Gasteiger partial charge is 0.478 e. The summed E-state index contributed by atoms with van der Waals surface area (Å²) in [5.41, 5.74) is 2.80. The minimum absolute atomic E-state index is 0. The standard InChI is InChI=1S/C17H19NO2.ClH/c1-18(12-11-14-5-3-2-4-6-14)13-15-7-9-16(10-8-15)17(19)20;/h2-10H,11-13H2,1H3,(H,19,20);1H. The summed E-state index contributed by atoms with van der Waals surface area (Å²) in [6.07, 6.45) is 1.02. The van der Waals surface area contributed by atoms with Crippen molar-refractivity contribution < 1.29 is 9.90 Å². The summed E-state index contributed by atoms with van der Waals surface area (Å²) in [5.74, 6) is -0.881. The molecule has 2 aromatic carbocycles. The Labute approximate surface area is 131 Å². The predicted molar refractivity (Wildman–Crippen MR) is 87.1 cm³/mol. The number of hydrogen-bond acceptors (Lipinski definition) is 2. The third-order valence-corrected chi connectivity index (χ3v) is 3.28. The molecule has 0 aliphatic heterocycles. The molecule has 2 aromatic rings. The Morgan fingerprint density at radius 2 is 1.62 bits per heavy atom. The SMILES string of the molecule is CN(CCc1ccccc1)Cc1ccc(C(=O)O)cc1.Cl. The number of nitrogens with zero attached hydrogens (tertiary/aromatic N) is 1. The lowest BCUT2D eigenvalue weighted by atomic mass is 10.1. The van der Waals surface area contributed by atoms with E-state index in [1.54, 1.807) is 12.1 Å². The third-order valence-electron chi connectivity index (χ3n) is 3.28. The van der Waals surface area contributed by atoms with Crippen LogP contribution >= 0.6 is 12.4 Å². The van der Waals surface area contributed by atoms with Crippen LogP contribution in [0.3, 0.4) is 0 Å². The van der Waals surface area contributed by atoms with Gasteiger partial charge in [0.2, 0.25) is 0 Å². The van der Waals surface area contributed by atoms with Gasteiger partial charge in [0.1, 0.15) is 0 Å². The topological polar surface area (TPSA) is 40.5 Å². The van der Waals surface area contributed by atoms with Gasteiger partial charge in [-0.25, -0.2) is 4.79 Å². The Morgan fingerprint density at radius 3 is 2.19 bits per heavy atom. The van der Waals surface area contributed by atoms with Gasteiger partial charge in [0.15, 0.2) is 0 Å². The van der Waals surface area contributed by atoms with E-state index in [2.05, 4.69) is 36.2 Å². The van der Waals surface area contributed by atoms with Gasteiger partial charge in [-0.05, 0) is 36.7 Å². The van der Waals surface area contributed by atoms with Gasteiger partial charge in [-0.15, -0.1) is 12.4 Å². The van der Waals surface area contributed by atoms with Crippen molar-refractivity contribution in [3.8, 4) is 0 Å². The van der Waals surface area contributed by atoms with Gasteiger partial charge < -0.3 is 10.0 Å². The lowest BCUT2D eigenvalue weighted by molar-refractivity contribution is 0.0697. The van der Waals surface area contributed by atoms with E-state index in [1.807, 2.05) is 18.2 Å². The molecule has 0 heterocycles. The van der Waals surface area contributed by atoms with E-state index in [9.17, 15) is 4.79 Å². The van der Waals surface area contributed by atoms with Gasteiger partial charge in [-0.2, -0.15) is 0 Å². The maximum absolute atomic E-state index is 10.8. The van der Waals surface area contributed by atoms with Gasteiger partial charge in [-0.1, -0.05) is 42.5 Å². The van der Waals surface area contributed by atoms with Crippen LogP contribution in [0.2, 0.25) is 0 Å². The minimum atomic E-state index is -0.881. The minimum Gasteiger partial charge on any atom is -0.478 e. The first-order valence-electron chi connectivity index (χ1n) is 6.70. The zero-order valence-corrected chi connectivity index (χ0v) is 12.8. The number of carboxylic acids is 1. The molecule has 0 saturated heterocycles. The second-order valence-electron chi connectivity index (χ2n) is 4.98. The molecule has 2 rings (SSSR count). The highest BCUT2D eigenvalue weighted by atomic mass is 35.5. The smallest absolute Gasteiger partial charge is 0.335 e. The van der Waals surface area contributed by atoms with Crippen LogP contribution in [0, 0.1) is 0 Å². The molecular formula is C17H20ClNO2. The molecule has 0 atom stereocenters. The number of likely N-dealkylation sites (N-methyl/N-ethyl adjacent to an activating group) is 1. The molecule has 0 unspecified atom stereocenters. The van der Waals surface area contributed by atoms with Crippen LogP contribution in [0.25, 0.3) is 0 Å². The van der Waals surface area contributed by atoms with Gasteiger partial charge in [0.25, 0.3) is 0 Å². The van der Waals surface area contributed by atoms with E-state index in [0.717, 1.165) is 25.1 Å². The fourth-order valence-corrected chi connectivity index (χ4v) is 2.11. The summed E-state index contributed by atoms with van der Waals surface area (Å²) in [4.78, 5) is 13.0. The molecule has 112 valence electrons. The Morgan fingerprint density at radius 1 is 1.00 bits per heavy atom. The van der Waals surface area contributed by atoms with Crippen LogP contribution in [0.15, 0.2) is 54.6 Å². The molecule has 0 aromatic heterocycles. The normalized spacial score (nSPS) is 10.2. The van der Waals surface area contributed by atoms with Crippen molar-refractivity contribution in [2.45, 2.75) is 13.0 Å². The van der Waals surface area contributed by atoms with E-state index >= 15 is 0 Å². The number of hydrogen-bond donors (Lipinski definition) is 1. The quantitative estimate of drug-likeness (QED) is 0.888. The molecule has 0 spiro atoms. The first kappa shape index (κ1) is 17.2. The average Bonchev–Trinajstić information content (AvgIpc) is 2.47. The van der Waals surface area contributed by atoms with E-state index in [4.69, 9.17) is 5.11 Å². The lowest BCUT2D eigenvalue weighted by Gasteiger charge is -2.16. The van der Waals surface area contributed by atoms with Crippen molar-refractivity contribution in [1.29, 1.82) is 0 Å². The van der Waals surface area contributed by atoms with Crippen molar-refractivity contribution in [2.24, 2.45) is 0 Å². The third kappa shape index (κ3) is 5.58. The molecule has 0 fully saturated rings. The monoisotopic (exact) mass is 305 g/mol. The number of aromatic carboxylic acids is 1. The van der Waals surface area contributed by atoms with Crippen LogP contribution < -0.4 is 0 Å². The summed E-state index contributed by atoms with van der Waals surface area (Å²) in [7, 11) is 2.08. The molecule has 0 radical (unpaired) electrons. The summed E-state index contributed by atoms with van der Waals surface area (Å²) in [6.45, 7) is 1.80. The zero-order chi connectivity index (χ0) is 14.4. The highest BCUT2D eigenvalue weighted by molar-refractivity contribution is 5.87. The zero-order valence-electron chi connectivity index (χ0n) is 12.0. The first-order valence-corrected chi connectivity index (χ1v) is 6.70. The maximum atomic E-state index is 10.8. The fourth-order valence-electron chi connectivity index (χ4n) is 2.11. The van der Waals surface area contributed by atoms with Crippen LogP contribution in [0.4, 0.5) is 0 Å². The highest BCUT2D eigenvalue weighted by Crippen LogP contribution is 2.08. The van der Waals surface area contributed by atoms with Gasteiger partial charge in [-0.3, -0.25) is 0 Å². The summed E-state index contributed by atoms with van der Waals surface area (Å²) < 4.78 is 0. The molecular weight excluding hydrogens is 286 g/mol. The molecule has 0 saturated carbocycles. The maximum Gasteiger partial charge on any atom is 0.335 e. The predicted octanol–water partition coefficient (Wildman–Crippen LogP) is 3.48. The van der Waals surface area contributed by atoms with Gasteiger partial charge >= 0.3 is 5.97 Å². The van der Waals surface area contributed by atoms with E-state index < -0.39 is 5.97 Å². The Balaban J connectivity index is 0.00000220. The molecule has 21 heavy (non-hydrogen) atoms.